The minimum Gasteiger partial charge on any atom is -0.465 e. The molecule has 0 saturated heterocycles. The summed E-state index contributed by atoms with van der Waals surface area (Å²) in [6.07, 6.45) is 2.67. The van der Waals surface area contributed by atoms with Crippen molar-refractivity contribution in [2.24, 2.45) is 0 Å². The van der Waals surface area contributed by atoms with Crippen LogP contribution < -0.4 is 15.9 Å². The highest BCUT2D eigenvalue weighted by Gasteiger charge is 2.39. The van der Waals surface area contributed by atoms with E-state index in [0.717, 1.165) is 51.8 Å². The molecule has 0 aliphatic rings. The Kier molecular flexibility index (Phi) is 7.95. The fraction of sp³-hybridized carbons (Fsp3) is 0.147. The van der Waals surface area contributed by atoms with Crippen LogP contribution in [0, 0.1) is 0 Å². The molecular weight excluding hydrogens is 501 g/mol. The molecule has 196 valence electrons. The van der Waals surface area contributed by atoms with E-state index in [-0.39, 0.29) is 11.2 Å². The molecule has 0 radical (unpaired) electrons. The first-order valence-electron chi connectivity index (χ1n) is 13.3. The number of fused-ring (bicyclic) bond motifs is 1. The quantitative estimate of drug-likeness (QED) is 0.140. The number of nitrogens with zero attached hydrogens (tertiary/aromatic N) is 1. The molecule has 0 fully saturated rings. The smallest absolute Gasteiger partial charge is 0.344 e. The summed E-state index contributed by atoms with van der Waals surface area (Å²) in [5.74, 6) is -0.942. The molecule has 1 aromatic heterocycles. The van der Waals surface area contributed by atoms with E-state index in [2.05, 4.69) is 13.0 Å². The van der Waals surface area contributed by atoms with Gasteiger partial charge in [0.1, 0.15) is 5.29 Å². The minimum absolute atomic E-state index is 0.160. The fourth-order valence-electron chi connectivity index (χ4n) is 5.35. The molecule has 1 heterocycles. The Morgan fingerprint density at radius 3 is 1.69 bits per heavy atom. The number of ether oxygens (including phenoxy) is 1. The molecule has 39 heavy (non-hydrogen) atoms. The number of benzene rings is 4. The molecule has 0 amide bonds. The maximum Gasteiger partial charge on any atom is 0.344 e. The topological polar surface area (TPSA) is 48.3 Å². The van der Waals surface area contributed by atoms with E-state index in [0.29, 0.717) is 0 Å². The van der Waals surface area contributed by atoms with Gasteiger partial charge in [-0.1, -0.05) is 123 Å². The predicted molar refractivity (Wildman–Crippen MR) is 163 cm³/mol. The molecule has 0 unspecified atom stereocenters. The molecule has 5 aromatic rings. The van der Waals surface area contributed by atoms with Crippen molar-refractivity contribution in [2.75, 3.05) is 7.11 Å². The lowest BCUT2D eigenvalue weighted by molar-refractivity contribution is -0.132. The number of rotatable bonds is 8. The highest BCUT2D eigenvalue weighted by atomic mass is 31.2. The first-order chi connectivity index (χ1) is 19.1. The number of unbranched alkanes of at least 4 members (excludes halogenated alkanes) is 1. The van der Waals surface area contributed by atoms with E-state index in [4.69, 9.17) is 4.74 Å². The zero-order valence-electron chi connectivity index (χ0n) is 22.3. The second-order valence-corrected chi connectivity index (χ2v) is 12.8. The monoisotopic (exact) mass is 533 g/mol. The van der Waals surface area contributed by atoms with Crippen LogP contribution in [0.15, 0.2) is 121 Å². The van der Waals surface area contributed by atoms with Crippen molar-refractivity contribution in [3.8, 4) is 0 Å². The third-order valence-corrected chi connectivity index (χ3v) is 11.4. The molecule has 5 heteroatoms. The Morgan fingerprint density at radius 1 is 0.718 bits per heavy atom. The number of methoxy groups -OCH3 is 1. The van der Waals surface area contributed by atoms with Gasteiger partial charge in [-0.2, -0.15) is 0 Å². The van der Waals surface area contributed by atoms with Crippen molar-refractivity contribution < 1.29 is 14.3 Å². The van der Waals surface area contributed by atoms with Gasteiger partial charge in [0.05, 0.1) is 12.6 Å². The Morgan fingerprint density at radius 2 is 1.21 bits per heavy atom. The predicted octanol–water partition coefficient (Wildman–Crippen LogP) is 5.96. The van der Waals surface area contributed by atoms with Crippen molar-refractivity contribution in [3.63, 3.8) is 0 Å². The largest absolute Gasteiger partial charge is 0.465 e. The van der Waals surface area contributed by atoms with Gasteiger partial charge in [-0.3, -0.25) is 9.36 Å². The van der Waals surface area contributed by atoms with Gasteiger partial charge >= 0.3 is 5.97 Å². The maximum absolute atomic E-state index is 15.0. The van der Waals surface area contributed by atoms with E-state index >= 15 is 4.79 Å². The first kappa shape index (κ1) is 26.5. The summed E-state index contributed by atoms with van der Waals surface area (Å²) in [4.78, 5) is 29.0. The van der Waals surface area contributed by atoms with Crippen LogP contribution in [-0.4, -0.2) is 28.8 Å². The minimum atomic E-state index is -2.99. The molecule has 0 spiro atoms. The molecular formula is C34H32NO3P. The summed E-state index contributed by atoms with van der Waals surface area (Å²) < 4.78 is 7.20. The van der Waals surface area contributed by atoms with Gasteiger partial charge in [0.2, 0.25) is 0 Å². The van der Waals surface area contributed by atoms with Gasteiger partial charge in [-0.05, 0) is 47.8 Å². The van der Waals surface area contributed by atoms with Crippen LogP contribution in [0.2, 0.25) is 0 Å². The van der Waals surface area contributed by atoms with Crippen LogP contribution in [0.5, 0.6) is 0 Å². The third-order valence-electron chi connectivity index (χ3n) is 7.12. The summed E-state index contributed by atoms with van der Waals surface area (Å²) in [6, 6.07) is 39.7. The summed E-state index contributed by atoms with van der Waals surface area (Å²) >= 11 is 0. The molecule has 4 aromatic carbocycles. The van der Waals surface area contributed by atoms with Gasteiger partial charge in [-0.15, -0.1) is 0 Å². The second-order valence-electron chi connectivity index (χ2n) is 9.46. The maximum atomic E-state index is 15.0. The zero-order chi connectivity index (χ0) is 27.2. The number of para-hydroxylation sites is 1. The van der Waals surface area contributed by atoms with Gasteiger partial charge < -0.3 is 4.74 Å². The van der Waals surface area contributed by atoms with E-state index < -0.39 is 12.9 Å². The Bertz CT molecular complexity index is 1550. The molecule has 0 aliphatic carbocycles. The third kappa shape index (κ3) is 4.77. The van der Waals surface area contributed by atoms with Crippen LogP contribution in [0.1, 0.15) is 30.3 Å². The van der Waals surface area contributed by atoms with E-state index in [1.807, 2.05) is 115 Å². The number of aromatic nitrogens is 1. The van der Waals surface area contributed by atoms with E-state index in [1.54, 1.807) is 4.57 Å². The first-order valence-corrected chi connectivity index (χ1v) is 15.1. The van der Waals surface area contributed by atoms with Gasteiger partial charge in [-0.25, -0.2) is 4.79 Å². The normalized spacial score (nSPS) is 11.3. The van der Waals surface area contributed by atoms with Crippen molar-refractivity contribution in [1.82, 2.24) is 4.57 Å². The summed E-state index contributed by atoms with van der Waals surface area (Å²) in [5, 5.41) is 3.89. The number of aryl methyl sites for hydroxylation is 1. The number of carbonyl (C=O) groups excluding carboxylic acids is 2. The number of esters is 1. The lowest BCUT2D eigenvalue weighted by Crippen LogP contribution is -2.40. The van der Waals surface area contributed by atoms with Crippen molar-refractivity contribution in [2.45, 2.75) is 26.2 Å². The van der Waals surface area contributed by atoms with Crippen LogP contribution in [0.25, 0.3) is 10.9 Å². The Hall–Kier alpha value is -4.14. The summed E-state index contributed by atoms with van der Waals surface area (Å²) in [7, 11) is 1.36. The van der Waals surface area contributed by atoms with E-state index in [9.17, 15) is 4.79 Å². The fourth-order valence-corrected chi connectivity index (χ4v) is 9.63. The zero-order valence-corrected chi connectivity index (χ0v) is 23.2. The summed E-state index contributed by atoms with van der Waals surface area (Å²) in [5.41, 5.74) is 1.69. The van der Waals surface area contributed by atoms with Crippen LogP contribution >= 0.6 is 6.89 Å². The highest BCUT2D eigenvalue weighted by Crippen LogP contribution is 2.47. The molecule has 0 N–H and O–H groups in total. The van der Waals surface area contributed by atoms with Crippen molar-refractivity contribution >= 4 is 50.9 Å². The van der Waals surface area contributed by atoms with E-state index in [1.165, 1.54) is 7.11 Å². The van der Waals surface area contributed by atoms with Crippen molar-refractivity contribution in [3.05, 3.63) is 127 Å². The molecule has 4 nitrogen and oxygen atoms in total. The van der Waals surface area contributed by atoms with Gasteiger partial charge in [0.25, 0.3) is 5.91 Å². The SMILES string of the molecule is CCCCc1cc2ccccc2n1C(=O)C(C(=O)OC)=P(c1ccccc1)(c1ccccc1)c1ccccc1. The van der Waals surface area contributed by atoms with Gasteiger partial charge in [0, 0.05) is 11.1 Å². The van der Waals surface area contributed by atoms with Crippen LogP contribution in [0.4, 0.5) is 0 Å². The lowest BCUT2D eigenvalue weighted by atomic mass is 10.2. The van der Waals surface area contributed by atoms with Gasteiger partial charge in [0.15, 0.2) is 0 Å². The molecule has 0 saturated carbocycles. The summed E-state index contributed by atoms with van der Waals surface area (Å²) in [6.45, 7) is -0.849. The van der Waals surface area contributed by atoms with Crippen LogP contribution in [-0.2, 0) is 16.0 Å². The highest BCUT2D eigenvalue weighted by molar-refractivity contribution is 7.97. The number of hydrogen-bond acceptors (Lipinski definition) is 3. The van der Waals surface area contributed by atoms with Crippen molar-refractivity contribution in [1.29, 1.82) is 0 Å². The molecule has 0 bridgehead atoms. The van der Waals surface area contributed by atoms with Crippen LogP contribution in [0.3, 0.4) is 0 Å². The second kappa shape index (κ2) is 11.7. The average molecular weight is 534 g/mol. The Balaban J connectivity index is 1.99. The molecule has 0 aliphatic heterocycles. The Labute approximate surface area is 229 Å². The lowest BCUT2D eigenvalue weighted by Gasteiger charge is -2.31. The number of hydrogen-bond donors (Lipinski definition) is 0. The molecule has 0 atom stereocenters. The number of carbonyl (C=O) groups is 2. The average Bonchev–Trinajstić information content (AvgIpc) is 3.38. The standard InChI is InChI=1S/C34H32NO3P/c1-3-4-17-27-25-26-16-14-15-24-31(26)35(27)33(36)32(34(37)38-2)39(28-18-8-5-9-19-28,29-20-10-6-11-21-29)30-22-12-7-13-23-30/h5-16,18-25H,3-4,17H2,1-2H3. The molecule has 5 rings (SSSR count).